The molecule has 20 heavy (non-hydrogen) atoms. The lowest BCUT2D eigenvalue weighted by Gasteiger charge is -2.35. The third-order valence-electron chi connectivity index (χ3n) is 4.05. The number of nitrogens with one attached hydrogen (secondary N) is 1. The van der Waals surface area contributed by atoms with Gasteiger partial charge in [-0.05, 0) is 13.0 Å². The SMILES string of the molecule is CCc1nsc(N2CCN(C(=O)C3CCNC3)CC2)n1. The molecule has 0 aliphatic carbocycles. The van der Waals surface area contributed by atoms with Crippen LogP contribution in [0.25, 0.3) is 0 Å². The second-order valence-corrected chi connectivity index (χ2v) is 6.08. The minimum atomic E-state index is 0.190. The lowest BCUT2D eigenvalue weighted by molar-refractivity contribution is -0.135. The van der Waals surface area contributed by atoms with Crippen LogP contribution in [-0.4, -0.2) is 59.4 Å². The van der Waals surface area contributed by atoms with Gasteiger partial charge in [0.05, 0.1) is 5.92 Å². The molecular formula is C13H21N5OS. The van der Waals surface area contributed by atoms with Gasteiger partial charge in [0.1, 0.15) is 5.82 Å². The van der Waals surface area contributed by atoms with Crippen molar-refractivity contribution in [2.75, 3.05) is 44.2 Å². The largest absolute Gasteiger partial charge is 0.343 e. The van der Waals surface area contributed by atoms with Crippen LogP contribution < -0.4 is 10.2 Å². The summed E-state index contributed by atoms with van der Waals surface area (Å²) in [5.74, 6) is 1.43. The first-order chi connectivity index (χ1) is 9.78. The van der Waals surface area contributed by atoms with E-state index in [2.05, 4.69) is 26.5 Å². The van der Waals surface area contributed by atoms with Crippen molar-refractivity contribution in [2.24, 2.45) is 5.92 Å². The van der Waals surface area contributed by atoms with Crippen molar-refractivity contribution in [1.29, 1.82) is 0 Å². The number of carbonyl (C=O) groups is 1. The molecule has 0 radical (unpaired) electrons. The Morgan fingerprint density at radius 1 is 1.40 bits per heavy atom. The fourth-order valence-electron chi connectivity index (χ4n) is 2.76. The van der Waals surface area contributed by atoms with Crippen LogP contribution in [0, 0.1) is 5.92 Å². The summed E-state index contributed by atoms with van der Waals surface area (Å²) in [5.41, 5.74) is 0. The molecule has 1 unspecified atom stereocenters. The Labute approximate surface area is 123 Å². The average molecular weight is 295 g/mol. The van der Waals surface area contributed by atoms with Gasteiger partial charge in [-0.1, -0.05) is 6.92 Å². The number of aromatic nitrogens is 2. The zero-order valence-corrected chi connectivity index (χ0v) is 12.7. The molecule has 0 saturated carbocycles. The zero-order chi connectivity index (χ0) is 13.9. The third-order valence-corrected chi connectivity index (χ3v) is 4.86. The number of anilines is 1. The summed E-state index contributed by atoms with van der Waals surface area (Å²) in [7, 11) is 0. The van der Waals surface area contributed by atoms with Gasteiger partial charge in [0.15, 0.2) is 0 Å². The molecule has 2 fully saturated rings. The highest BCUT2D eigenvalue weighted by Crippen LogP contribution is 2.20. The van der Waals surface area contributed by atoms with Gasteiger partial charge in [0.25, 0.3) is 0 Å². The summed E-state index contributed by atoms with van der Waals surface area (Å²) in [6.07, 6.45) is 1.86. The van der Waals surface area contributed by atoms with Gasteiger partial charge in [0, 0.05) is 50.7 Å². The number of hydrogen-bond donors (Lipinski definition) is 1. The van der Waals surface area contributed by atoms with Crippen LogP contribution in [0.1, 0.15) is 19.2 Å². The van der Waals surface area contributed by atoms with Crippen molar-refractivity contribution in [3.63, 3.8) is 0 Å². The van der Waals surface area contributed by atoms with Gasteiger partial charge in [0.2, 0.25) is 11.0 Å². The lowest BCUT2D eigenvalue weighted by atomic mass is 10.1. The fraction of sp³-hybridized carbons (Fsp3) is 0.769. The highest BCUT2D eigenvalue weighted by molar-refractivity contribution is 7.09. The maximum absolute atomic E-state index is 12.3. The molecule has 1 N–H and O–H groups in total. The van der Waals surface area contributed by atoms with Gasteiger partial charge >= 0.3 is 0 Å². The summed E-state index contributed by atoms with van der Waals surface area (Å²) >= 11 is 1.47. The minimum absolute atomic E-state index is 0.190. The normalized spacial score (nSPS) is 23.4. The van der Waals surface area contributed by atoms with Gasteiger partial charge in [-0.25, -0.2) is 4.98 Å². The van der Waals surface area contributed by atoms with Crippen molar-refractivity contribution in [3.8, 4) is 0 Å². The number of piperazine rings is 1. The van der Waals surface area contributed by atoms with E-state index >= 15 is 0 Å². The van der Waals surface area contributed by atoms with Crippen molar-refractivity contribution in [1.82, 2.24) is 19.6 Å². The summed E-state index contributed by atoms with van der Waals surface area (Å²) in [6, 6.07) is 0. The predicted molar refractivity (Wildman–Crippen MR) is 79.1 cm³/mol. The van der Waals surface area contributed by atoms with Crippen LogP contribution in [0.4, 0.5) is 5.13 Å². The van der Waals surface area contributed by atoms with Gasteiger partial charge in [-0.3, -0.25) is 4.79 Å². The van der Waals surface area contributed by atoms with Crippen molar-refractivity contribution in [3.05, 3.63) is 5.82 Å². The molecule has 7 heteroatoms. The molecule has 0 bridgehead atoms. The average Bonchev–Trinajstić information content (AvgIpc) is 3.18. The van der Waals surface area contributed by atoms with Crippen molar-refractivity contribution < 1.29 is 4.79 Å². The molecule has 2 saturated heterocycles. The molecule has 2 aliphatic rings. The van der Waals surface area contributed by atoms with Crippen LogP contribution in [0.2, 0.25) is 0 Å². The quantitative estimate of drug-likeness (QED) is 0.872. The fourth-order valence-corrected chi connectivity index (χ4v) is 3.56. The number of amides is 1. The van der Waals surface area contributed by atoms with E-state index < -0.39 is 0 Å². The van der Waals surface area contributed by atoms with Gasteiger partial charge in [-0.15, -0.1) is 0 Å². The zero-order valence-electron chi connectivity index (χ0n) is 11.8. The smallest absolute Gasteiger partial charge is 0.227 e. The van der Waals surface area contributed by atoms with E-state index in [4.69, 9.17) is 0 Å². The molecule has 2 aliphatic heterocycles. The number of rotatable bonds is 3. The molecule has 6 nitrogen and oxygen atoms in total. The highest BCUT2D eigenvalue weighted by atomic mass is 32.1. The van der Waals surface area contributed by atoms with E-state index in [0.717, 1.165) is 63.1 Å². The van der Waals surface area contributed by atoms with Crippen LogP contribution in [-0.2, 0) is 11.2 Å². The van der Waals surface area contributed by atoms with E-state index in [-0.39, 0.29) is 5.92 Å². The third kappa shape index (κ3) is 2.78. The number of carbonyl (C=O) groups excluding carboxylic acids is 1. The molecule has 0 aromatic carbocycles. The first-order valence-electron chi connectivity index (χ1n) is 7.35. The van der Waals surface area contributed by atoms with Crippen LogP contribution in [0.15, 0.2) is 0 Å². The number of aryl methyl sites for hydroxylation is 1. The number of hydrogen-bond acceptors (Lipinski definition) is 6. The minimum Gasteiger partial charge on any atom is -0.343 e. The number of nitrogens with zero attached hydrogens (tertiary/aromatic N) is 4. The van der Waals surface area contributed by atoms with Gasteiger partial charge < -0.3 is 15.1 Å². The Morgan fingerprint density at radius 2 is 2.20 bits per heavy atom. The monoisotopic (exact) mass is 295 g/mol. The van der Waals surface area contributed by atoms with Crippen LogP contribution in [0.5, 0.6) is 0 Å². The Morgan fingerprint density at radius 3 is 2.80 bits per heavy atom. The van der Waals surface area contributed by atoms with E-state index in [0.29, 0.717) is 5.91 Å². The first-order valence-corrected chi connectivity index (χ1v) is 8.12. The maximum atomic E-state index is 12.3. The second-order valence-electron chi connectivity index (χ2n) is 5.35. The molecule has 1 aromatic rings. The topological polar surface area (TPSA) is 61.4 Å². The van der Waals surface area contributed by atoms with E-state index in [1.807, 2.05) is 4.90 Å². The molecule has 3 rings (SSSR count). The molecule has 110 valence electrons. The molecular weight excluding hydrogens is 274 g/mol. The van der Waals surface area contributed by atoms with Crippen LogP contribution >= 0.6 is 11.5 Å². The summed E-state index contributed by atoms with van der Waals surface area (Å²) < 4.78 is 4.33. The van der Waals surface area contributed by atoms with E-state index in [1.165, 1.54) is 11.5 Å². The summed E-state index contributed by atoms with van der Waals surface area (Å²) in [6.45, 7) is 7.22. The summed E-state index contributed by atoms with van der Waals surface area (Å²) in [4.78, 5) is 21.1. The predicted octanol–water partition coefficient (Wildman–Crippen LogP) is 0.359. The Balaban J connectivity index is 1.55. The Kier molecular flexibility index (Phi) is 4.16. The Bertz CT molecular complexity index is 463. The standard InChI is InChI=1S/C13H21N5OS/c1-2-11-15-13(20-16-11)18-7-5-17(6-8-18)12(19)10-3-4-14-9-10/h10,14H,2-9H2,1H3. The molecule has 1 aromatic heterocycles. The van der Waals surface area contributed by atoms with Crippen molar-refractivity contribution in [2.45, 2.75) is 19.8 Å². The second kappa shape index (κ2) is 6.05. The van der Waals surface area contributed by atoms with Gasteiger partial charge in [-0.2, -0.15) is 4.37 Å². The van der Waals surface area contributed by atoms with Crippen molar-refractivity contribution >= 4 is 22.6 Å². The molecule has 3 heterocycles. The Hall–Kier alpha value is -1.21. The first kappa shape index (κ1) is 13.8. The van der Waals surface area contributed by atoms with Crippen LogP contribution in [0.3, 0.4) is 0 Å². The van der Waals surface area contributed by atoms with E-state index in [9.17, 15) is 4.79 Å². The highest BCUT2D eigenvalue weighted by Gasteiger charge is 2.29. The molecule has 1 atom stereocenters. The molecule has 1 amide bonds. The van der Waals surface area contributed by atoms with E-state index in [1.54, 1.807) is 0 Å². The maximum Gasteiger partial charge on any atom is 0.227 e. The lowest BCUT2D eigenvalue weighted by Crippen LogP contribution is -2.50. The molecule has 0 spiro atoms. The summed E-state index contributed by atoms with van der Waals surface area (Å²) in [5, 5.41) is 4.26.